The van der Waals surface area contributed by atoms with Crippen molar-refractivity contribution in [2.24, 2.45) is 14.1 Å². The maximum Gasteiger partial charge on any atom is 0.332 e. The molecule has 9 nitrogen and oxygen atoms in total. The Morgan fingerprint density at radius 1 is 1.25 bits per heavy atom. The molecule has 2 heterocycles. The van der Waals surface area contributed by atoms with E-state index in [1.165, 1.54) is 42.6 Å². The Hall–Kier alpha value is -2.98. The molecule has 0 atom stereocenters. The number of aromatic nitrogens is 3. The fraction of sp³-hybridized carbons (Fsp3) is 0.278. The molecule has 0 spiro atoms. The average molecular weight is 402 g/mol. The lowest BCUT2D eigenvalue weighted by molar-refractivity contribution is -0.384. The molecule has 0 amide bonds. The highest BCUT2D eigenvalue weighted by atomic mass is 32.2. The predicted molar refractivity (Wildman–Crippen MR) is 106 cm³/mol. The van der Waals surface area contributed by atoms with Crippen molar-refractivity contribution in [2.45, 2.75) is 17.3 Å². The van der Waals surface area contributed by atoms with Gasteiger partial charge in [-0.3, -0.25) is 24.0 Å². The zero-order chi connectivity index (χ0) is 20.4. The summed E-state index contributed by atoms with van der Waals surface area (Å²) in [5.74, 6) is 0.406. The Bertz CT molecular complexity index is 1190. The predicted octanol–water partition coefficient (Wildman–Crippen LogP) is 1.98. The zero-order valence-electron chi connectivity index (χ0n) is 15.5. The van der Waals surface area contributed by atoms with Crippen molar-refractivity contribution in [3.8, 4) is 0 Å². The third-order valence-corrected chi connectivity index (χ3v) is 5.53. The van der Waals surface area contributed by atoms with Gasteiger partial charge in [0.2, 0.25) is 0 Å². The molecule has 0 saturated heterocycles. The molecular formula is C18H18N4O5S. The molecule has 0 saturated carbocycles. The minimum absolute atomic E-state index is 0.00751. The number of methoxy groups -OCH3 is 1. The molecule has 0 aliphatic rings. The number of rotatable bonds is 6. The van der Waals surface area contributed by atoms with Gasteiger partial charge in [0.15, 0.2) is 0 Å². The van der Waals surface area contributed by atoms with Gasteiger partial charge in [-0.05, 0) is 5.56 Å². The number of hydrogen-bond acceptors (Lipinski definition) is 7. The summed E-state index contributed by atoms with van der Waals surface area (Å²) >= 11 is 1.36. The van der Waals surface area contributed by atoms with Gasteiger partial charge in [-0.2, -0.15) is 0 Å². The average Bonchev–Trinajstić information content (AvgIpc) is 2.69. The number of nitrogens with zero attached hydrogens (tertiary/aromatic N) is 4. The van der Waals surface area contributed by atoms with Crippen molar-refractivity contribution < 1.29 is 9.66 Å². The Kier molecular flexibility index (Phi) is 5.61. The number of thioether (sulfide) groups is 1. The summed E-state index contributed by atoms with van der Waals surface area (Å²) in [5.41, 5.74) is 0.849. The number of fused-ring (bicyclic) bond motifs is 1. The standard InChI is InChI=1S/C18H18N4O5S/c1-20-16-14(17(23)21(2)18(20)24)15(12(8-19-16)9-27-3)28-10-11-5-4-6-13(7-11)22(25)26/h4-8H,9-10H2,1-3H3. The van der Waals surface area contributed by atoms with Crippen LogP contribution in [0.5, 0.6) is 0 Å². The second-order valence-corrected chi connectivity index (χ2v) is 7.15. The van der Waals surface area contributed by atoms with Crippen LogP contribution in [0.4, 0.5) is 5.69 Å². The molecule has 28 heavy (non-hydrogen) atoms. The zero-order valence-corrected chi connectivity index (χ0v) is 16.4. The quantitative estimate of drug-likeness (QED) is 0.352. The van der Waals surface area contributed by atoms with Crippen molar-refractivity contribution in [1.29, 1.82) is 0 Å². The Morgan fingerprint density at radius 2 is 2.00 bits per heavy atom. The molecule has 0 bridgehead atoms. The minimum Gasteiger partial charge on any atom is -0.380 e. The smallest absolute Gasteiger partial charge is 0.332 e. The van der Waals surface area contributed by atoms with Gasteiger partial charge in [-0.25, -0.2) is 9.78 Å². The molecule has 0 radical (unpaired) electrons. The van der Waals surface area contributed by atoms with E-state index in [1.54, 1.807) is 25.4 Å². The number of pyridine rings is 1. The summed E-state index contributed by atoms with van der Waals surface area (Å²) in [6.45, 7) is 0.242. The highest BCUT2D eigenvalue weighted by Crippen LogP contribution is 2.31. The number of non-ortho nitro benzene ring substituents is 1. The van der Waals surface area contributed by atoms with Gasteiger partial charge in [-0.15, -0.1) is 11.8 Å². The highest BCUT2D eigenvalue weighted by Gasteiger charge is 2.18. The van der Waals surface area contributed by atoms with E-state index in [0.29, 0.717) is 21.6 Å². The fourth-order valence-corrected chi connectivity index (χ4v) is 3.99. The first-order valence-corrected chi connectivity index (χ1v) is 9.26. The third-order valence-electron chi connectivity index (χ3n) is 4.30. The molecular weight excluding hydrogens is 384 g/mol. The number of benzene rings is 1. The van der Waals surface area contributed by atoms with Crippen molar-refractivity contribution in [3.05, 3.63) is 72.5 Å². The Balaban J connectivity index is 2.14. The topological polar surface area (TPSA) is 109 Å². The summed E-state index contributed by atoms with van der Waals surface area (Å²) < 4.78 is 7.59. The van der Waals surface area contributed by atoms with Crippen molar-refractivity contribution in [3.63, 3.8) is 0 Å². The number of hydrogen-bond donors (Lipinski definition) is 0. The van der Waals surface area contributed by atoms with Gasteiger partial charge in [-0.1, -0.05) is 12.1 Å². The molecule has 0 N–H and O–H groups in total. The summed E-state index contributed by atoms with van der Waals surface area (Å²) in [6.07, 6.45) is 1.58. The molecule has 0 aliphatic carbocycles. The first-order chi connectivity index (χ1) is 13.3. The van der Waals surface area contributed by atoms with Crippen LogP contribution in [0.1, 0.15) is 11.1 Å². The van der Waals surface area contributed by atoms with Gasteiger partial charge in [0.25, 0.3) is 11.2 Å². The molecule has 0 fully saturated rings. The molecule has 1 aromatic carbocycles. The van der Waals surface area contributed by atoms with Crippen LogP contribution < -0.4 is 11.2 Å². The third kappa shape index (κ3) is 3.56. The summed E-state index contributed by atoms with van der Waals surface area (Å²) in [6, 6.07) is 6.34. The number of nitro benzene ring substituents is 1. The van der Waals surface area contributed by atoms with Gasteiger partial charge in [0, 0.05) is 55.7 Å². The summed E-state index contributed by atoms with van der Waals surface area (Å²) in [7, 11) is 4.52. The first kappa shape index (κ1) is 19.8. The van der Waals surface area contributed by atoms with E-state index in [9.17, 15) is 19.7 Å². The van der Waals surface area contributed by atoms with E-state index in [2.05, 4.69) is 4.98 Å². The summed E-state index contributed by atoms with van der Waals surface area (Å²) in [4.78, 5) is 40.5. The van der Waals surface area contributed by atoms with E-state index < -0.39 is 16.2 Å². The van der Waals surface area contributed by atoms with Gasteiger partial charge >= 0.3 is 5.69 Å². The molecule has 146 valence electrons. The van der Waals surface area contributed by atoms with E-state index in [1.807, 2.05) is 0 Å². The van der Waals surface area contributed by atoms with Crippen molar-refractivity contribution >= 4 is 28.5 Å². The van der Waals surface area contributed by atoms with E-state index in [0.717, 1.165) is 10.1 Å². The lowest BCUT2D eigenvalue weighted by Gasteiger charge is -2.14. The number of ether oxygens (including phenoxy) is 1. The lowest BCUT2D eigenvalue weighted by atomic mass is 10.2. The van der Waals surface area contributed by atoms with Crippen LogP contribution in [0.2, 0.25) is 0 Å². The fourth-order valence-electron chi connectivity index (χ4n) is 2.88. The normalized spacial score (nSPS) is 11.1. The van der Waals surface area contributed by atoms with Crippen LogP contribution in [-0.2, 0) is 31.2 Å². The molecule has 2 aromatic heterocycles. The van der Waals surface area contributed by atoms with Crippen LogP contribution in [0.3, 0.4) is 0 Å². The molecule has 3 rings (SSSR count). The number of nitro groups is 1. The SMILES string of the molecule is COCc1cnc2c(c1SCc1cccc([N+](=O)[O-])c1)c(=O)n(C)c(=O)n2C. The van der Waals surface area contributed by atoms with Crippen molar-refractivity contribution in [1.82, 2.24) is 14.1 Å². The minimum atomic E-state index is -0.459. The lowest BCUT2D eigenvalue weighted by Crippen LogP contribution is -2.37. The molecule has 3 aromatic rings. The van der Waals surface area contributed by atoms with Gasteiger partial charge in [0.1, 0.15) is 5.65 Å². The highest BCUT2D eigenvalue weighted by molar-refractivity contribution is 7.98. The van der Waals surface area contributed by atoms with Crippen LogP contribution in [0.25, 0.3) is 11.0 Å². The van der Waals surface area contributed by atoms with Gasteiger partial charge < -0.3 is 4.74 Å². The van der Waals surface area contributed by atoms with E-state index >= 15 is 0 Å². The van der Waals surface area contributed by atoms with Gasteiger partial charge in [0.05, 0.1) is 16.9 Å². The molecule has 0 unspecified atom stereocenters. The molecule has 10 heteroatoms. The maximum absolute atomic E-state index is 12.8. The second-order valence-electron chi connectivity index (χ2n) is 6.17. The number of aryl methyl sites for hydroxylation is 1. The maximum atomic E-state index is 12.8. The van der Waals surface area contributed by atoms with Crippen LogP contribution in [0, 0.1) is 10.1 Å². The van der Waals surface area contributed by atoms with Crippen LogP contribution in [-0.4, -0.2) is 26.2 Å². The van der Waals surface area contributed by atoms with Crippen molar-refractivity contribution in [2.75, 3.05) is 7.11 Å². The second kappa shape index (κ2) is 7.95. The largest absolute Gasteiger partial charge is 0.380 e. The Labute approximate surface area is 163 Å². The van der Waals surface area contributed by atoms with E-state index in [4.69, 9.17) is 4.74 Å². The van der Waals surface area contributed by atoms with Crippen LogP contribution >= 0.6 is 11.8 Å². The summed E-state index contributed by atoms with van der Waals surface area (Å²) in [5, 5.41) is 11.3. The van der Waals surface area contributed by atoms with Crippen LogP contribution in [0.15, 0.2) is 44.9 Å². The molecule has 0 aliphatic heterocycles. The monoisotopic (exact) mass is 402 g/mol. The Morgan fingerprint density at radius 3 is 2.68 bits per heavy atom. The first-order valence-electron chi connectivity index (χ1n) is 8.27. The van der Waals surface area contributed by atoms with E-state index in [-0.39, 0.29) is 17.9 Å².